The number of nitrogens with one attached hydrogen (secondary N) is 1. The highest BCUT2D eigenvalue weighted by Crippen LogP contribution is 2.11. The number of nitriles is 1. The smallest absolute Gasteiger partial charge is 0.394 e. The van der Waals surface area contributed by atoms with E-state index < -0.39 is 11.9 Å². The van der Waals surface area contributed by atoms with Gasteiger partial charge in [0.15, 0.2) is 0 Å². The second kappa shape index (κ2) is 6.93. The topological polar surface area (TPSA) is 90.2 Å². The van der Waals surface area contributed by atoms with Gasteiger partial charge in [-0.15, -0.1) is 0 Å². The number of anilines is 1. The van der Waals surface area contributed by atoms with Crippen molar-refractivity contribution in [1.29, 1.82) is 5.26 Å². The van der Waals surface area contributed by atoms with E-state index in [1.54, 1.807) is 36.4 Å². The molecule has 23 heavy (non-hydrogen) atoms. The lowest BCUT2D eigenvalue weighted by Crippen LogP contribution is -2.21. The molecule has 0 atom stereocenters. The first kappa shape index (κ1) is 15.8. The van der Waals surface area contributed by atoms with Crippen molar-refractivity contribution in [3.63, 3.8) is 0 Å². The zero-order valence-electron chi connectivity index (χ0n) is 12.3. The van der Waals surface area contributed by atoms with E-state index in [0.717, 1.165) is 5.56 Å². The SMILES string of the molecule is Cc1ccc(C#Cc2ccc(NC(=O)C(=O)O)cc2)c(C#N)c1. The molecule has 0 unspecified atom stereocenters. The van der Waals surface area contributed by atoms with E-state index in [4.69, 9.17) is 10.4 Å². The van der Waals surface area contributed by atoms with Crippen molar-refractivity contribution in [2.24, 2.45) is 0 Å². The van der Waals surface area contributed by atoms with E-state index in [9.17, 15) is 9.59 Å². The van der Waals surface area contributed by atoms with Gasteiger partial charge >= 0.3 is 11.9 Å². The number of aryl methyl sites for hydroxylation is 1. The summed E-state index contributed by atoms with van der Waals surface area (Å²) < 4.78 is 0. The van der Waals surface area contributed by atoms with E-state index in [1.807, 2.05) is 13.0 Å². The van der Waals surface area contributed by atoms with Gasteiger partial charge < -0.3 is 10.4 Å². The van der Waals surface area contributed by atoms with Gasteiger partial charge in [-0.3, -0.25) is 4.79 Å². The maximum Gasteiger partial charge on any atom is 0.394 e. The predicted octanol–water partition coefficient (Wildman–Crippen LogP) is 2.29. The number of amides is 1. The number of rotatable bonds is 1. The van der Waals surface area contributed by atoms with Crippen molar-refractivity contribution >= 4 is 17.6 Å². The fourth-order valence-electron chi connectivity index (χ4n) is 1.82. The van der Waals surface area contributed by atoms with E-state index in [-0.39, 0.29) is 0 Å². The van der Waals surface area contributed by atoms with Gasteiger partial charge in [0.2, 0.25) is 0 Å². The van der Waals surface area contributed by atoms with Crippen LogP contribution in [0.4, 0.5) is 5.69 Å². The van der Waals surface area contributed by atoms with Crippen LogP contribution in [0.2, 0.25) is 0 Å². The van der Waals surface area contributed by atoms with Crippen molar-refractivity contribution in [3.05, 3.63) is 64.7 Å². The first-order chi connectivity index (χ1) is 11.0. The molecule has 0 radical (unpaired) electrons. The summed E-state index contributed by atoms with van der Waals surface area (Å²) >= 11 is 0. The monoisotopic (exact) mass is 304 g/mol. The summed E-state index contributed by atoms with van der Waals surface area (Å²) in [6.07, 6.45) is 0. The van der Waals surface area contributed by atoms with E-state index in [2.05, 4.69) is 23.2 Å². The number of hydrogen-bond acceptors (Lipinski definition) is 3. The quantitative estimate of drug-likeness (QED) is 0.625. The summed E-state index contributed by atoms with van der Waals surface area (Å²) in [4.78, 5) is 21.5. The number of carboxylic acid groups (broad SMARTS) is 1. The minimum Gasteiger partial charge on any atom is -0.474 e. The average molecular weight is 304 g/mol. The lowest BCUT2D eigenvalue weighted by Gasteiger charge is -2.01. The van der Waals surface area contributed by atoms with Crippen LogP contribution in [-0.4, -0.2) is 17.0 Å². The second-order valence-electron chi connectivity index (χ2n) is 4.75. The van der Waals surface area contributed by atoms with Crippen molar-refractivity contribution in [3.8, 4) is 17.9 Å². The highest BCUT2D eigenvalue weighted by molar-refractivity contribution is 6.36. The first-order valence-electron chi connectivity index (χ1n) is 6.66. The van der Waals surface area contributed by atoms with Gasteiger partial charge in [-0.2, -0.15) is 5.26 Å². The zero-order chi connectivity index (χ0) is 16.8. The normalized spacial score (nSPS) is 9.22. The number of hydrogen-bond donors (Lipinski definition) is 2. The lowest BCUT2D eigenvalue weighted by atomic mass is 10.1. The summed E-state index contributed by atoms with van der Waals surface area (Å²) in [7, 11) is 0. The van der Waals surface area contributed by atoms with E-state index in [0.29, 0.717) is 22.4 Å². The molecule has 5 nitrogen and oxygen atoms in total. The summed E-state index contributed by atoms with van der Waals surface area (Å²) in [6, 6.07) is 14.0. The van der Waals surface area contributed by atoms with Crippen LogP contribution in [0.3, 0.4) is 0 Å². The summed E-state index contributed by atoms with van der Waals surface area (Å²) in [5.41, 5.74) is 3.20. The summed E-state index contributed by atoms with van der Waals surface area (Å²) in [6.45, 7) is 1.90. The molecule has 2 rings (SSSR count). The fraction of sp³-hybridized carbons (Fsp3) is 0.0556. The molecule has 0 heterocycles. The summed E-state index contributed by atoms with van der Waals surface area (Å²) in [5.74, 6) is 3.22. The first-order valence-corrected chi connectivity index (χ1v) is 6.66. The molecule has 0 aliphatic heterocycles. The molecule has 0 spiro atoms. The van der Waals surface area contributed by atoms with E-state index >= 15 is 0 Å². The Morgan fingerprint density at radius 2 is 1.74 bits per heavy atom. The van der Waals surface area contributed by atoms with Crippen LogP contribution >= 0.6 is 0 Å². The minimum absolute atomic E-state index is 0.371. The molecule has 0 aliphatic carbocycles. The van der Waals surface area contributed by atoms with Crippen LogP contribution in [0.15, 0.2) is 42.5 Å². The zero-order valence-corrected chi connectivity index (χ0v) is 12.3. The highest BCUT2D eigenvalue weighted by atomic mass is 16.4. The van der Waals surface area contributed by atoms with Gasteiger partial charge in [0, 0.05) is 16.8 Å². The van der Waals surface area contributed by atoms with E-state index in [1.165, 1.54) is 0 Å². The van der Waals surface area contributed by atoms with Crippen LogP contribution in [0.25, 0.3) is 0 Å². The Kier molecular flexibility index (Phi) is 4.76. The fourth-order valence-corrected chi connectivity index (χ4v) is 1.82. The Morgan fingerprint density at radius 1 is 1.04 bits per heavy atom. The minimum atomic E-state index is -1.54. The van der Waals surface area contributed by atoms with Gasteiger partial charge in [0.25, 0.3) is 0 Å². The van der Waals surface area contributed by atoms with Crippen LogP contribution in [0.5, 0.6) is 0 Å². The molecule has 1 amide bonds. The second-order valence-corrected chi connectivity index (χ2v) is 4.75. The van der Waals surface area contributed by atoms with Crippen molar-refractivity contribution in [2.75, 3.05) is 5.32 Å². The van der Waals surface area contributed by atoms with Crippen molar-refractivity contribution in [2.45, 2.75) is 6.92 Å². The predicted molar refractivity (Wildman–Crippen MR) is 84.6 cm³/mol. The molecule has 0 saturated heterocycles. The molecular formula is C18H12N2O3. The maximum atomic E-state index is 11.0. The van der Waals surface area contributed by atoms with Crippen LogP contribution in [0.1, 0.15) is 22.3 Å². The molecule has 0 bridgehead atoms. The third-order valence-electron chi connectivity index (χ3n) is 2.97. The Labute approximate surface area is 133 Å². The van der Waals surface area contributed by atoms with Crippen LogP contribution in [0, 0.1) is 30.1 Å². The molecule has 5 heteroatoms. The maximum absolute atomic E-state index is 11.0. The third kappa shape index (κ3) is 4.20. The average Bonchev–Trinajstić information content (AvgIpc) is 2.54. The number of carbonyl (C=O) groups excluding carboxylic acids is 1. The number of carbonyl (C=O) groups is 2. The molecule has 0 fully saturated rings. The molecule has 2 aromatic carbocycles. The molecule has 0 saturated carbocycles. The summed E-state index contributed by atoms with van der Waals surface area (Å²) in [5, 5.41) is 19.9. The van der Waals surface area contributed by atoms with Crippen molar-refractivity contribution < 1.29 is 14.7 Å². The molecule has 112 valence electrons. The highest BCUT2D eigenvalue weighted by Gasteiger charge is 2.10. The van der Waals surface area contributed by atoms with Gasteiger partial charge in [-0.1, -0.05) is 17.9 Å². The number of carboxylic acids is 1. The van der Waals surface area contributed by atoms with Gasteiger partial charge in [-0.25, -0.2) is 4.79 Å². The van der Waals surface area contributed by atoms with Gasteiger partial charge in [-0.05, 0) is 48.9 Å². The largest absolute Gasteiger partial charge is 0.474 e. The molecule has 2 N–H and O–H groups in total. The molecular weight excluding hydrogens is 292 g/mol. The standard InChI is InChI=1S/C18H12N2O3/c1-12-2-6-14(15(10-12)11-19)7-3-13-4-8-16(9-5-13)20-17(21)18(22)23/h2,4-6,8-10H,1H3,(H,20,21)(H,22,23). The molecule has 2 aromatic rings. The van der Waals surface area contributed by atoms with Gasteiger partial charge in [0.05, 0.1) is 5.56 Å². The Bertz CT molecular complexity index is 866. The molecule has 0 aromatic heterocycles. The Balaban J connectivity index is 2.18. The lowest BCUT2D eigenvalue weighted by molar-refractivity contribution is -0.147. The Morgan fingerprint density at radius 3 is 2.35 bits per heavy atom. The van der Waals surface area contributed by atoms with Gasteiger partial charge in [0.1, 0.15) is 6.07 Å². The number of aliphatic carboxylic acids is 1. The van der Waals surface area contributed by atoms with Crippen LogP contribution < -0.4 is 5.32 Å². The van der Waals surface area contributed by atoms with Crippen molar-refractivity contribution in [1.82, 2.24) is 0 Å². The third-order valence-corrected chi connectivity index (χ3v) is 2.97. The number of benzene rings is 2. The Hall–Kier alpha value is -3.57. The number of nitrogens with zero attached hydrogens (tertiary/aromatic N) is 1. The molecule has 0 aliphatic rings. The van der Waals surface area contributed by atoms with Crippen LogP contribution in [-0.2, 0) is 9.59 Å².